The number of nitrogens with one attached hydrogen (secondary N) is 4. The summed E-state index contributed by atoms with van der Waals surface area (Å²) in [6.07, 6.45) is 10.3. The summed E-state index contributed by atoms with van der Waals surface area (Å²) in [7, 11) is 0. The fraction of sp³-hybridized carbons (Fsp3) is 0.211. The van der Waals surface area contributed by atoms with Crippen LogP contribution in [0.4, 0.5) is 5.82 Å². The molecule has 2 aromatic heterocycles. The Balaban J connectivity index is 1.37. The number of amidine groups is 1. The predicted molar refractivity (Wildman–Crippen MR) is 103 cm³/mol. The molecule has 0 bridgehead atoms. The van der Waals surface area contributed by atoms with Crippen molar-refractivity contribution in [2.24, 2.45) is 4.99 Å². The molecule has 6 rings (SSSR count). The van der Waals surface area contributed by atoms with Gasteiger partial charge < -0.3 is 15.5 Å². The monoisotopic (exact) mass is 358 g/mol. The Morgan fingerprint density at radius 1 is 1.15 bits per heavy atom. The number of aromatic amines is 2. The van der Waals surface area contributed by atoms with E-state index < -0.39 is 0 Å². The number of rotatable bonds is 3. The number of nitrogens with zero attached hydrogens (tertiary/aromatic N) is 4. The molecule has 2 aliphatic heterocycles. The number of hydrogen-bond donors (Lipinski definition) is 4. The molecule has 8 heteroatoms. The average Bonchev–Trinajstić information content (AvgIpc) is 3.10. The maximum absolute atomic E-state index is 4.78. The van der Waals surface area contributed by atoms with Crippen LogP contribution in [0, 0.1) is 0 Å². The van der Waals surface area contributed by atoms with Gasteiger partial charge in [0.1, 0.15) is 0 Å². The molecular weight excluding hydrogens is 340 g/mol. The molecule has 1 saturated carbocycles. The first-order chi connectivity index (χ1) is 13.3. The lowest BCUT2D eigenvalue weighted by molar-refractivity contribution is 0.439. The van der Waals surface area contributed by atoms with Crippen LogP contribution in [0.15, 0.2) is 54.1 Å². The van der Waals surface area contributed by atoms with E-state index in [-0.39, 0.29) is 6.17 Å². The third-order valence-electron chi connectivity index (χ3n) is 5.19. The van der Waals surface area contributed by atoms with Crippen LogP contribution in [-0.2, 0) is 0 Å². The molecule has 1 unspecified atom stereocenters. The topological polar surface area (TPSA) is 97.0 Å². The summed E-state index contributed by atoms with van der Waals surface area (Å²) in [5, 5.41) is 22.5. The standard InChI is InChI=1S/C19H18N8/c1-2-11(1)15-8-17(26-25-15)23-18-19-20-5-6-27(19)10-16(22-18)12-3-4-13-9-21-24-14(13)7-12/h3-11,19-20H,1-2H2,(H,21,24)(H2,22,23,25,26). The Morgan fingerprint density at radius 3 is 3.04 bits per heavy atom. The van der Waals surface area contributed by atoms with E-state index in [2.05, 4.69) is 60.3 Å². The summed E-state index contributed by atoms with van der Waals surface area (Å²) in [5.74, 6) is 2.15. The van der Waals surface area contributed by atoms with Crippen molar-refractivity contribution >= 4 is 28.3 Å². The van der Waals surface area contributed by atoms with Crippen molar-refractivity contribution in [3.05, 3.63) is 60.3 Å². The summed E-state index contributed by atoms with van der Waals surface area (Å²) in [4.78, 5) is 6.89. The first kappa shape index (κ1) is 14.6. The molecule has 1 fully saturated rings. The van der Waals surface area contributed by atoms with Crippen molar-refractivity contribution in [3.8, 4) is 0 Å². The van der Waals surface area contributed by atoms with Crippen LogP contribution in [0.2, 0.25) is 0 Å². The highest BCUT2D eigenvalue weighted by molar-refractivity contribution is 5.98. The smallest absolute Gasteiger partial charge is 0.175 e. The highest BCUT2D eigenvalue weighted by Gasteiger charge is 2.30. The van der Waals surface area contributed by atoms with Gasteiger partial charge in [-0.15, -0.1) is 0 Å². The van der Waals surface area contributed by atoms with Gasteiger partial charge in [0.2, 0.25) is 0 Å². The Kier molecular flexibility index (Phi) is 2.96. The lowest BCUT2D eigenvalue weighted by atomic mass is 10.1. The van der Waals surface area contributed by atoms with Gasteiger partial charge in [-0.2, -0.15) is 10.2 Å². The Morgan fingerprint density at radius 2 is 2.11 bits per heavy atom. The zero-order valence-electron chi connectivity index (χ0n) is 14.5. The van der Waals surface area contributed by atoms with Gasteiger partial charge in [0.25, 0.3) is 0 Å². The minimum atomic E-state index is -0.0503. The van der Waals surface area contributed by atoms with Gasteiger partial charge in [-0.1, -0.05) is 12.1 Å². The minimum Gasteiger partial charge on any atom is -0.363 e. The Bertz CT molecular complexity index is 1110. The second-order valence-electron chi connectivity index (χ2n) is 7.12. The van der Waals surface area contributed by atoms with Crippen LogP contribution in [0.1, 0.15) is 30.0 Å². The summed E-state index contributed by atoms with van der Waals surface area (Å²) < 4.78 is 0. The third-order valence-corrected chi connectivity index (χ3v) is 5.19. The second-order valence-corrected chi connectivity index (χ2v) is 7.12. The van der Waals surface area contributed by atoms with Crippen LogP contribution in [-0.4, -0.2) is 37.3 Å². The average molecular weight is 358 g/mol. The van der Waals surface area contributed by atoms with E-state index in [1.54, 1.807) is 0 Å². The van der Waals surface area contributed by atoms with Crippen LogP contribution in [0.5, 0.6) is 0 Å². The largest absolute Gasteiger partial charge is 0.363 e. The molecule has 3 aromatic rings. The Labute approximate surface area is 155 Å². The van der Waals surface area contributed by atoms with Gasteiger partial charge in [-0.25, -0.2) is 4.99 Å². The number of hydrogen-bond acceptors (Lipinski definition) is 5. The molecule has 27 heavy (non-hydrogen) atoms. The molecule has 0 saturated heterocycles. The van der Waals surface area contributed by atoms with Gasteiger partial charge in [-0.05, 0) is 18.9 Å². The van der Waals surface area contributed by atoms with E-state index in [0.717, 1.165) is 28.0 Å². The maximum Gasteiger partial charge on any atom is 0.175 e. The predicted octanol–water partition coefficient (Wildman–Crippen LogP) is 2.50. The van der Waals surface area contributed by atoms with Gasteiger partial charge >= 0.3 is 0 Å². The lowest BCUT2D eigenvalue weighted by Gasteiger charge is -2.31. The Hall–Kier alpha value is -3.55. The van der Waals surface area contributed by atoms with Crippen LogP contribution >= 0.6 is 0 Å². The van der Waals surface area contributed by atoms with Gasteiger partial charge in [0, 0.05) is 47.2 Å². The zero-order valence-corrected chi connectivity index (χ0v) is 14.5. The molecular formula is C19H18N8. The molecule has 1 aliphatic carbocycles. The summed E-state index contributed by atoms with van der Waals surface area (Å²) >= 11 is 0. The first-order valence-corrected chi connectivity index (χ1v) is 9.10. The van der Waals surface area contributed by atoms with E-state index in [0.29, 0.717) is 11.7 Å². The molecule has 4 heterocycles. The second kappa shape index (κ2) is 5.47. The molecule has 134 valence electrons. The summed E-state index contributed by atoms with van der Waals surface area (Å²) in [5.41, 5.74) is 4.24. The first-order valence-electron chi connectivity index (χ1n) is 9.10. The lowest BCUT2D eigenvalue weighted by Crippen LogP contribution is -2.49. The molecule has 0 spiro atoms. The molecule has 1 atom stereocenters. The highest BCUT2D eigenvalue weighted by atomic mass is 15.4. The normalized spacial score (nSPS) is 22.7. The van der Waals surface area contributed by atoms with Crippen molar-refractivity contribution in [1.29, 1.82) is 0 Å². The summed E-state index contributed by atoms with van der Waals surface area (Å²) in [6.45, 7) is 0. The van der Waals surface area contributed by atoms with Crippen molar-refractivity contribution in [3.63, 3.8) is 0 Å². The highest BCUT2D eigenvalue weighted by Crippen LogP contribution is 2.39. The van der Waals surface area contributed by atoms with Crippen molar-refractivity contribution in [2.45, 2.75) is 24.9 Å². The van der Waals surface area contributed by atoms with E-state index in [1.165, 1.54) is 18.5 Å². The zero-order chi connectivity index (χ0) is 17.8. The van der Waals surface area contributed by atoms with E-state index in [9.17, 15) is 0 Å². The molecule has 0 amide bonds. The molecule has 3 aliphatic rings. The number of H-pyrrole nitrogens is 2. The maximum atomic E-state index is 4.78. The van der Waals surface area contributed by atoms with Gasteiger partial charge in [0.05, 0.1) is 17.4 Å². The third kappa shape index (κ3) is 2.49. The number of aromatic nitrogens is 4. The van der Waals surface area contributed by atoms with Crippen molar-refractivity contribution in [2.75, 3.05) is 0 Å². The van der Waals surface area contributed by atoms with E-state index in [4.69, 9.17) is 4.99 Å². The molecule has 1 aromatic carbocycles. The fourth-order valence-corrected chi connectivity index (χ4v) is 3.57. The van der Waals surface area contributed by atoms with E-state index >= 15 is 0 Å². The van der Waals surface area contributed by atoms with Crippen LogP contribution in [0.3, 0.4) is 0 Å². The van der Waals surface area contributed by atoms with Gasteiger partial charge in [-0.3, -0.25) is 10.2 Å². The number of aliphatic imine (C=N–C) groups is 1. The van der Waals surface area contributed by atoms with Crippen molar-refractivity contribution < 1.29 is 0 Å². The van der Waals surface area contributed by atoms with Crippen LogP contribution < -0.4 is 10.6 Å². The summed E-state index contributed by atoms with van der Waals surface area (Å²) in [6, 6.07) is 8.29. The van der Waals surface area contributed by atoms with Gasteiger partial charge in [0.15, 0.2) is 17.8 Å². The molecule has 0 radical (unpaired) electrons. The SMILES string of the molecule is C1=CN2C=C(c3ccc4cn[nH]c4c3)NC(=Nc3cc(C4CC4)[nH]n3)C2N1. The quantitative estimate of drug-likeness (QED) is 0.577. The number of fused-ring (bicyclic) bond motifs is 2. The minimum absolute atomic E-state index is 0.0503. The fourth-order valence-electron chi connectivity index (χ4n) is 3.57. The number of benzene rings is 1. The molecule has 4 N–H and O–H groups in total. The molecule has 8 nitrogen and oxygen atoms in total. The van der Waals surface area contributed by atoms with E-state index in [1.807, 2.05) is 24.7 Å². The van der Waals surface area contributed by atoms with Crippen LogP contribution in [0.25, 0.3) is 16.6 Å². The van der Waals surface area contributed by atoms with Crippen molar-refractivity contribution in [1.82, 2.24) is 35.9 Å².